The zero-order chi connectivity index (χ0) is 21.2. The van der Waals surface area contributed by atoms with E-state index in [0.29, 0.717) is 46.9 Å². The van der Waals surface area contributed by atoms with Crippen LogP contribution in [0.5, 0.6) is 17.2 Å². The molecule has 0 radical (unpaired) electrons. The van der Waals surface area contributed by atoms with Crippen molar-refractivity contribution in [3.8, 4) is 23.3 Å². The van der Waals surface area contributed by atoms with Gasteiger partial charge in [0.1, 0.15) is 17.4 Å². The SMILES string of the molecule is CCOc1ccc(N/C=C(/C#N)C(=O)Nc2cc(Cl)ccc2OC)cc1OCC. The molecule has 2 N–H and O–H groups in total. The molecule has 7 nitrogen and oxygen atoms in total. The number of anilines is 2. The summed E-state index contributed by atoms with van der Waals surface area (Å²) in [7, 11) is 1.48. The van der Waals surface area contributed by atoms with Crippen molar-refractivity contribution in [1.29, 1.82) is 5.26 Å². The number of methoxy groups -OCH3 is 1. The maximum atomic E-state index is 12.5. The first-order valence-electron chi connectivity index (χ1n) is 8.93. The Balaban J connectivity index is 2.18. The molecule has 0 aliphatic rings. The molecule has 29 heavy (non-hydrogen) atoms. The van der Waals surface area contributed by atoms with Crippen LogP contribution < -0.4 is 24.8 Å². The van der Waals surface area contributed by atoms with Gasteiger partial charge in [-0.25, -0.2) is 0 Å². The quantitative estimate of drug-likeness (QED) is 0.459. The van der Waals surface area contributed by atoms with Crippen LogP contribution in [0.25, 0.3) is 0 Å². The molecule has 0 bridgehead atoms. The monoisotopic (exact) mass is 415 g/mol. The number of benzene rings is 2. The number of hydrogen-bond donors (Lipinski definition) is 2. The van der Waals surface area contributed by atoms with E-state index < -0.39 is 5.91 Å². The third-order valence-corrected chi connectivity index (χ3v) is 3.94. The van der Waals surface area contributed by atoms with Gasteiger partial charge in [-0.15, -0.1) is 0 Å². The lowest BCUT2D eigenvalue weighted by Gasteiger charge is -2.13. The highest BCUT2D eigenvalue weighted by Gasteiger charge is 2.13. The topological polar surface area (TPSA) is 92.6 Å². The minimum atomic E-state index is -0.600. The Morgan fingerprint density at radius 2 is 1.79 bits per heavy atom. The molecule has 2 aromatic carbocycles. The van der Waals surface area contributed by atoms with Crippen molar-refractivity contribution in [1.82, 2.24) is 0 Å². The van der Waals surface area contributed by atoms with Crippen molar-refractivity contribution in [2.45, 2.75) is 13.8 Å². The molecule has 8 heteroatoms. The first-order valence-corrected chi connectivity index (χ1v) is 9.31. The number of rotatable bonds is 9. The Hall–Kier alpha value is -3.37. The molecule has 2 aromatic rings. The molecule has 0 spiro atoms. The molecule has 1 amide bonds. The maximum Gasteiger partial charge on any atom is 0.267 e. The van der Waals surface area contributed by atoms with Crippen molar-refractivity contribution < 1.29 is 19.0 Å². The van der Waals surface area contributed by atoms with Gasteiger partial charge in [0, 0.05) is 23.0 Å². The summed E-state index contributed by atoms with van der Waals surface area (Å²) in [6.07, 6.45) is 1.32. The fraction of sp³-hybridized carbons (Fsp3) is 0.238. The fourth-order valence-electron chi connectivity index (χ4n) is 2.41. The van der Waals surface area contributed by atoms with Gasteiger partial charge >= 0.3 is 0 Å². The second kappa shape index (κ2) is 10.8. The van der Waals surface area contributed by atoms with E-state index in [2.05, 4.69) is 10.6 Å². The van der Waals surface area contributed by atoms with E-state index in [9.17, 15) is 10.1 Å². The van der Waals surface area contributed by atoms with Gasteiger partial charge in [0.2, 0.25) is 0 Å². The average Bonchev–Trinajstić information content (AvgIpc) is 2.71. The lowest BCUT2D eigenvalue weighted by molar-refractivity contribution is -0.112. The summed E-state index contributed by atoms with van der Waals surface area (Å²) in [6, 6.07) is 11.9. The van der Waals surface area contributed by atoms with Gasteiger partial charge in [-0.05, 0) is 44.2 Å². The smallest absolute Gasteiger partial charge is 0.267 e. The number of carbonyl (C=O) groups is 1. The molecule has 152 valence electrons. The van der Waals surface area contributed by atoms with Crippen LogP contribution in [0.15, 0.2) is 48.2 Å². The summed E-state index contributed by atoms with van der Waals surface area (Å²) in [6.45, 7) is 4.75. The molecule has 0 aliphatic carbocycles. The summed E-state index contributed by atoms with van der Waals surface area (Å²) < 4.78 is 16.3. The summed E-state index contributed by atoms with van der Waals surface area (Å²) in [5.74, 6) is 1.02. The number of ether oxygens (including phenoxy) is 3. The highest BCUT2D eigenvalue weighted by molar-refractivity contribution is 6.31. The highest BCUT2D eigenvalue weighted by atomic mass is 35.5. The van der Waals surface area contributed by atoms with Crippen LogP contribution in [-0.2, 0) is 4.79 Å². The summed E-state index contributed by atoms with van der Waals surface area (Å²) >= 11 is 5.97. The Kier molecular flexibility index (Phi) is 8.19. The Labute approximate surface area is 174 Å². The molecule has 0 unspecified atom stereocenters. The molecule has 0 heterocycles. The predicted molar refractivity (Wildman–Crippen MR) is 113 cm³/mol. The van der Waals surface area contributed by atoms with Gasteiger partial charge < -0.3 is 24.8 Å². The second-order valence-electron chi connectivity index (χ2n) is 5.64. The first-order chi connectivity index (χ1) is 14.0. The van der Waals surface area contributed by atoms with Crippen LogP contribution >= 0.6 is 11.6 Å². The van der Waals surface area contributed by atoms with Crippen molar-refractivity contribution in [2.24, 2.45) is 0 Å². The average molecular weight is 416 g/mol. The number of carbonyl (C=O) groups excluding carboxylic acids is 1. The van der Waals surface area contributed by atoms with E-state index in [0.717, 1.165) is 0 Å². The van der Waals surface area contributed by atoms with Crippen LogP contribution in [0, 0.1) is 11.3 Å². The number of nitrogens with zero attached hydrogens (tertiary/aromatic N) is 1. The molecular formula is C21H22ClN3O4. The summed E-state index contributed by atoms with van der Waals surface area (Å²) in [5.41, 5.74) is 0.877. The van der Waals surface area contributed by atoms with Gasteiger partial charge in [0.05, 0.1) is 26.0 Å². The normalized spacial score (nSPS) is 10.7. The standard InChI is InChI=1S/C21H22ClN3O4/c1-4-28-19-9-7-16(11-20(19)29-5-2)24-13-14(12-23)21(26)25-17-10-15(22)6-8-18(17)27-3/h6-11,13,24H,4-5H2,1-3H3,(H,25,26)/b14-13-. The fourth-order valence-corrected chi connectivity index (χ4v) is 2.58. The minimum Gasteiger partial charge on any atom is -0.495 e. The van der Waals surface area contributed by atoms with Crippen molar-refractivity contribution in [3.63, 3.8) is 0 Å². The zero-order valence-electron chi connectivity index (χ0n) is 16.4. The zero-order valence-corrected chi connectivity index (χ0v) is 17.2. The summed E-state index contributed by atoms with van der Waals surface area (Å²) in [5, 5.41) is 15.4. The minimum absolute atomic E-state index is 0.126. The van der Waals surface area contributed by atoms with E-state index >= 15 is 0 Å². The van der Waals surface area contributed by atoms with E-state index in [1.54, 1.807) is 36.4 Å². The van der Waals surface area contributed by atoms with E-state index in [1.165, 1.54) is 13.3 Å². The van der Waals surface area contributed by atoms with Gasteiger partial charge in [-0.3, -0.25) is 4.79 Å². The molecular weight excluding hydrogens is 394 g/mol. The van der Waals surface area contributed by atoms with Crippen molar-refractivity contribution >= 4 is 28.9 Å². The Morgan fingerprint density at radius 3 is 2.45 bits per heavy atom. The van der Waals surface area contributed by atoms with Crippen LogP contribution in [0.3, 0.4) is 0 Å². The second-order valence-corrected chi connectivity index (χ2v) is 6.08. The van der Waals surface area contributed by atoms with Gasteiger partial charge in [0.15, 0.2) is 11.5 Å². The van der Waals surface area contributed by atoms with Crippen LogP contribution in [0.1, 0.15) is 13.8 Å². The van der Waals surface area contributed by atoms with Gasteiger partial charge in [-0.2, -0.15) is 5.26 Å². The van der Waals surface area contributed by atoms with Crippen LogP contribution in [-0.4, -0.2) is 26.2 Å². The van der Waals surface area contributed by atoms with E-state index in [4.69, 9.17) is 25.8 Å². The number of hydrogen-bond acceptors (Lipinski definition) is 6. The Morgan fingerprint density at radius 1 is 1.10 bits per heavy atom. The highest BCUT2D eigenvalue weighted by Crippen LogP contribution is 2.31. The van der Waals surface area contributed by atoms with E-state index in [-0.39, 0.29) is 5.57 Å². The predicted octanol–water partition coefficient (Wildman–Crippen LogP) is 4.60. The number of amides is 1. The first kappa shape index (κ1) is 21.9. The van der Waals surface area contributed by atoms with Crippen molar-refractivity contribution in [2.75, 3.05) is 31.0 Å². The molecule has 0 aromatic heterocycles. The third-order valence-electron chi connectivity index (χ3n) is 3.70. The molecule has 2 rings (SSSR count). The lowest BCUT2D eigenvalue weighted by atomic mass is 10.2. The van der Waals surface area contributed by atoms with E-state index in [1.807, 2.05) is 19.9 Å². The largest absolute Gasteiger partial charge is 0.495 e. The Bertz CT molecular complexity index is 938. The van der Waals surface area contributed by atoms with Crippen LogP contribution in [0.4, 0.5) is 11.4 Å². The molecule has 0 saturated carbocycles. The molecule has 0 fully saturated rings. The summed E-state index contributed by atoms with van der Waals surface area (Å²) in [4.78, 5) is 12.5. The van der Waals surface area contributed by atoms with Gasteiger partial charge in [-0.1, -0.05) is 11.6 Å². The number of halogens is 1. The molecule has 0 saturated heterocycles. The van der Waals surface area contributed by atoms with Crippen molar-refractivity contribution in [3.05, 3.63) is 53.2 Å². The maximum absolute atomic E-state index is 12.5. The number of nitriles is 1. The number of nitrogens with one attached hydrogen (secondary N) is 2. The third kappa shape index (κ3) is 6.06. The van der Waals surface area contributed by atoms with Gasteiger partial charge in [0.25, 0.3) is 5.91 Å². The molecule has 0 aliphatic heterocycles. The molecule has 0 atom stereocenters. The lowest BCUT2D eigenvalue weighted by Crippen LogP contribution is -2.15. The van der Waals surface area contributed by atoms with Crippen LogP contribution in [0.2, 0.25) is 5.02 Å².